The summed E-state index contributed by atoms with van der Waals surface area (Å²) < 4.78 is 11.0. The fourth-order valence-electron chi connectivity index (χ4n) is 3.91. The van der Waals surface area contributed by atoms with Crippen LogP contribution >= 0.6 is 0 Å². The molecule has 0 saturated heterocycles. The van der Waals surface area contributed by atoms with Gasteiger partial charge < -0.3 is 9.47 Å². The van der Waals surface area contributed by atoms with Gasteiger partial charge in [0.05, 0.1) is 12.5 Å². The molecule has 150 valence electrons. The smallest absolute Gasteiger partial charge is 0.316 e. The van der Waals surface area contributed by atoms with Gasteiger partial charge in [-0.15, -0.1) is 0 Å². The second-order valence-corrected chi connectivity index (χ2v) is 8.82. The molecular formula is C25H32O3. The zero-order chi connectivity index (χ0) is 20.3. The summed E-state index contributed by atoms with van der Waals surface area (Å²) in [6.07, 6.45) is 5.38. The van der Waals surface area contributed by atoms with E-state index in [1.165, 1.54) is 22.3 Å². The number of hydrogen-bond acceptors (Lipinski definition) is 3. The molecule has 3 heteroatoms. The first kappa shape index (κ1) is 20.4. The maximum atomic E-state index is 12.2. The summed E-state index contributed by atoms with van der Waals surface area (Å²) in [5.41, 5.74) is 5.04. The minimum absolute atomic E-state index is 0.191. The van der Waals surface area contributed by atoms with E-state index < -0.39 is 5.41 Å². The average molecular weight is 381 g/mol. The molecule has 0 bridgehead atoms. The molecular weight excluding hydrogens is 348 g/mol. The van der Waals surface area contributed by atoms with Crippen LogP contribution in [0.4, 0.5) is 0 Å². The lowest BCUT2D eigenvalue weighted by Crippen LogP contribution is -2.25. The second kappa shape index (κ2) is 8.38. The summed E-state index contributed by atoms with van der Waals surface area (Å²) in [5.74, 6) is 1.94. The van der Waals surface area contributed by atoms with Crippen molar-refractivity contribution in [3.05, 3.63) is 58.7 Å². The molecule has 0 radical (unpaired) electrons. The van der Waals surface area contributed by atoms with Crippen LogP contribution in [0.2, 0.25) is 0 Å². The van der Waals surface area contributed by atoms with Crippen LogP contribution < -0.4 is 9.47 Å². The molecule has 2 aromatic carbocycles. The summed E-state index contributed by atoms with van der Waals surface area (Å²) in [6.45, 7) is 7.85. The van der Waals surface area contributed by atoms with E-state index in [4.69, 9.17) is 9.47 Å². The molecule has 0 fully saturated rings. The van der Waals surface area contributed by atoms with Crippen LogP contribution in [-0.2, 0) is 24.1 Å². The summed E-state index contributed by atoms with van der Waals surface area (Å²) in [4.78, 5) is 12.2. The van der Waals surface area contributed by atoms with Crippen LogP contribution in [0.15, 0.2) is 36.4 Å². The van der Waals surface area contributed by atoms with Crippen LogP contribution in [-0.4, -0.2) is 13.1 Å². The van der Waals surface area contributed by atoms with Crippen LogP contribution in [0.5, 0.6) is 11.5 Å². The lowest BCUT2D eigenvalue weighted by Gasteiger charge is -2.27. The minimum atomic E-state index is -0.495. The van der Waals surface area contributed by atoms with Gasteiger partial charge in [-0.2, -0.15) is 0 Å². The van der Waals surface area contributed by atoms with Crippen molar-refractivity contribution in [1.82, 2.24) is 0 Å². The summed E-state index contributed by atoms with van der Waals surface area (Å²) in [6, 6.07) is 12.7. The molecule has 0 unspecified atom stereocenters. The lowest BCUT2D eigenvalue weighted by molar-refractivity contribution is -0.143. The molecule has 28 heavy (non-hydrogen) atoms. The van der Waals surface area contributed by atoms with E-state index in [2.05, 4.69) is 37.3 Å². The molecule has 1 aliphatic carbocycles. The van der Waals surface area contributed by atoms with Crippen molar-refractivity contribution in [2.45, 2.75) is 65.7 Å². The highest BCUT2D eigenvalue weighted by atomic mass is 16.5. The first-order valence-electron chi connectivity index (χ1n) is 10.3. The molecule has 0 aromatic heterocycles. The number of esters is 1. The quantitative estimate of drug-likeness (QED) is 0.480. The molecule has 0 spiro atoms. The predicted octanol–water partition coefficient (Wildman–Crippen LogP) is 5.87. The number of fused-ring (bicyclic) bond motifs is 1. The molecule has 0 heterocycles. The second-order valence-electron chi connectivity index (χ2n) is 8.82. The molecule has 1 atom stereocenters. The van der Waals surface area contributed by atoms with Crippen LogP contribution in [0, 0.1) is 5.41 Å². The Bertz CT molecular complexity index is 845. The third kappa shape index (κ3) is 4.57. The lowest BCUT2D eigenvalue weighted by atomic mass is 9.78. The predicted molar refractivity (Wildman–Crippen MR) is 113 cm³/mol. The minimum Gasteiger partial charge on any atom is -0.497 e. The van der Waals surface area contributed by atoms with Gasteiger partial charge in [0.2, 0.25) is 0 Å². The normalized spacial score (nSPS) is 16.4. The van der Waals surface area contributed by atoms with Gasteiger partial charge in [-0.25, -0.2) is 0 Å². The Labute approximate surface area is 169 Å². The van der Waals surface area contributed by atoms with E-state index in [-0.39, 0.29) is 5.97 Å². The van der Waals surface area contributed by atoms with Crippen LogP contribution in [0.3, 0.4) is 0 Å². The van der Waals surface area contributed by atoms with Crippen molar-refractivity contribution in [2.75, 3.05) is 7.11 Å². The first-order valence-corrected chi connectivity index (χ1v) is 10.3. The Morgan fingerprint density at radius 1 is 1.07 bits per heavy atom. The average Bonchev–Trinajstić information content (AvgIpc) is 2.67. The first-order chi connectivity index (χ1) is 13.3. The van der Waals surface area contributed by atoms with Gasteiger partial charge in [0, 0.05) is 0 Å². The SMILES string of the molecule is CCCc1cc(OC)ccc1[C@H]1CCc2cc(OC(=O)C(C)(C)C)ccc2C1. The molecule has 3 nitrogen and oxygen atoms in total. The fraction of sp³-hybridized carbons (Fsp3) is 0.480. The van der Waals surface area contributed by atoms with E-state index in [1.54, 1.807) is 7.11 Å². The molecule has 2 aromatic rings. The number of hydrogen-bond donors (Lipinski definition) is 0. The standard InChI is InChI=1S/C25H32O3/c1-6-7-19-16-21(27-5)12-13-23(19)20-9-8-18-15-22(11-10-17(18)14-20)28-24(26)25(2,3)4/h10-13,15-16,20H,6-9,14H2,1-5H3/t20-/m0/s1. The van der Waals surface area contributed by atoms with Crippen molar-refractivity contribution >= 4 is 5.97 Å². The van der Waals surface area contributed by atoms with Gasteiger partial charge in [0.25, 0.3) is 0 Å². The van der Waals surface area contributed by atoms with Gasteiger partial charge in [0.15, 0.2) is 0 Å². The van der Waals surface area contributed by atoms with Gasteiger partial charge in [-0.3, -0.25) is 4.79 Å². The number of carbonyl (C=O) groups is 1. The molecule has 3 rings (SSSR count). The van der Waals surface area contributed by atoms with E-state index in [9.17, 15) is 4.79 Å². The fourth-order valence-corrected chi connectivity index (χ4v) is 3.91. The third-order valence-corrected chi connectivity index (χ3v) is 5.54. The number of rotatable bonds is 5. The topological polar surface area (TPSA) is 35.5 Å². The maximum Gasteiger partial charge on any atom is 0.316 e. The highest BCUT2D eigenvalue weighted by Crippen LogP contribution is 2.37. The summed E-state index contributed by atoms with van der Waals surface area (Å²) in [5, 5.41) is 0. The van der Waals surface area contributed by atoms with Crippen LogP contribution in [0.1, 0.15) is 68.7 Å². The summed E-state index contributed by atoms with van der Waals surface area (Å²) in [7, 11) is 1.73. The number of aryl methyl sites for hydroxylation is 2. The monoisotopic (exact) mass is 380 g/mol. The highest BCUT2D eigenvalue weighted by molar-refractivity contribution is 5.77. The van der Waals surface area contributed by atoms with Crippen LogP contribution in [0.25, 0.3) is 0 Å². The van der Waals surface area contributed by atoms with Gasteiger partial charge in [-0.05, 0) is 98.9 Å². The van der Waals surface area contributed by atoms with Crippen molar-refractivity contribution < 1.29 is 14.3 Å². The Morgan fingerprint density at radius 2 is 1.82 bits per heavy atom. The van der Waals surface area contributed by atoms with Gasteiger partial charge in [-0.1, -0.05) is 25.5 Å². The Morgan fingerprint density at radius 3 is 2.50 bits per heavy atom. The van der Waals surface area contributed by atoms with E-state index >= 15 is 0 Å². The Kier molecular flexibility index (Phi) is 6.12. The largest absolute Gasteiger partial charge is 0.497 e. The van der Waals surface area contributed by atoms with E-state index in [1.807, 2.05) is 26.8 Å². The highest BCUT2D eigenvalue weighted by Gasteiger charge is 2.26. The molecule has 0 aliphatic heterocycles. The van der Waals surface area contributed by atoms with Gasteiger partial charge >= 0.3 is 5.97 Å². The zero-order valence-electron chi connectivity index (χ0n) is 17.8. The molecule has 0 N–H and O–H groups in total. The van der Waals surface area contributed by atoms with Crippen molar-refractivity contribution in [3.63, 3.8) is 0 Å². The van der Waals surface area contributed by atoms with E-state index in [0.29, 0.717) is 11.7 Å². The van der Waals surface area contributed by atoms with E-state index in [0.717, 1.165) is 37.9 Å². The molecule has 0 amide bonds. The molecule has 1 aliphatic rings. The Hall–Kier alpha value is -2.29. The Balaban J connectivity index is 1.79. The van der Waals surface area contributed by atoms with Gasteiger partial charge in [0.1, 0.15) is 11.5 Å². The number of benzene rings is 2. The molecule has 0 saturated carbocycles. The summed E-state index contributed by atoms with van der Waals surface area (Å²) >= 11 is 0. The van der Waals surface area contributed by atoms with Crippen molar-refractivity contribution in [2.24, 2.45) is 5.41 Å². The maximum absolute atomic E-state index is 12.2. The van der Waals surface area contributed by atoms with Crippen molar-refractivity contribution in [1.29, 1.82) is 0 Å². The number of carbonyl (C=O) groups excluding carboxylic acids is 1. The number of ether oxygens (including phenoxy) is 2. The zero-order valence-corrected chi connectivity index (χ0v) is 17.8. The third-order valence-electron chi connectivity index (χ3n) is 5.54. The number of methoxy groups -OCH3 is 1. The van der Waals surface area contributed by atoms with Crippen molar-refractivity contribution in [3.8, 4) is 11.5 Å².